The molecular weight excluding hydrogens is 376 g/mol. The van der Waals surface area contributed by atoms with Crippen LogP contribution >= 0.6 is 0 Å². The van der Waals surface area contributed by atoms with E-state index in [1.165, 1.54) is 11.0 Å². The summed E-state index contributed by atoms with van der Waals surface area (Å²) < 4.78 is 1.44. The maximum Gasteiger partial charge on any atom is 0.260 e. The number of carbonyl (C=O) groups is 1. The van der Waals surface area contributed by atoms with Crippen LogP contribution in [-0.2, 0) is 11.2 Å². The molecule has 5 nitrogen and oxygen atoms in total. The van der Waals surface area contributed by atoms with E-state index in [0.717, 1.165) is 36.8 Å². The first kappa shape index (κ1) is 20.4. The van der Waals surface area contributed by atoms with E-state index in [1.54, 1.807) is 24.4 Å². The van der Waals surface area contributed by atoms with Gasteiger partial charge >= 0.3 is 0 Å². The predicted octanol–water partition coefficient (Wildman–Crippen LogP) is 4.56. The van der Waals surface area contributed by atoms with Crippen molar-refractivity contribution in [2.75, 3.05) is 5.32 Å². The predicted molar refractivity (Wildman–Crippen MR) is 120 cm³/mol. The van der Waals surface area contributed by atoms with Crippen LogP contribution in [0, 0.1) is 12.8 Å². The average molecular weight is 405 g/mol. The van der Waals surface area contributed by atoms with Crippen LogP contribution in [0.4, 0.5) is 5.69 Å². The standard InChI is InChI=1S/C25H28N2O3/c1-17-8-5-6-11-19(17)16-23(28)26-22-13-7-12-21-20(22)14-15-27(25(21)30)24(29)18-9-3-2-4-10-18/h5-8,11-15,18,24,29H,2-4,9-10,16H2,1H3,(H,26,28). The second-order valence-electron chi connectivity index (χ2n) is 8.26. The molecule has 1 aliphatic rings. The normalized spacial score (nSPS) is 15.8. The zero-order valence-electron chi connectivity index (χ0n) is 17.3. The molecule has 0 aliphatic heterocycles. The molecule has 3 aromatic rings. The van der Waals surface area contributed by atoms with Crippen molar-refractivity contribution in [3.63, 3.8) is 0 Å². The van der Waals surface area contributed by atoms with Gasteiger partial charge in [-0.05, 0) is 49.1 Å². The first-order valence-electron chi connectivity index (χ1n) is 10.7. The Kier molecular flexibility index (Phi) is 6.00. The number of rotatable bonds is 5. The minimum atomic E-state index is -0.804. The molecule has 1 amide bonds. The van der Waals surface area contributed by atoms with Gasteiger partial charge in [0.05, 0.1) is 6.42 Å². The zero-order valence-corrected chi connectivity index (χ0v) is 17.3. The molecule has 1 atom stereocenters. The fourth-order valence-electron chi connectivity index (χ4n) is 4.45. The summed E-state index contributed by atoms with van der Waals surface area (Å²) in [4.78, 5) is 25.7. The van der Waals surface area contributed by atoms with Gasteiger partial charge in [-0.15, -0.1) is 0 Å². The molecule has 5 heteroatoms. The Hall–Kier alpha value is -2.92. The van der Waals surface area contributed by atoms with Gasteiger partial charge in [0, 0.05) is 28.6 Å². The van der Waals surface area contributed by atoms with Crippen molar-refractivity contribution in [2.45, 2.75) is 51.7 Å². The molecule has 2 aromatic carbocycles. The third kappa shape index (κ3) is 4.17. The Morgan fingerprint density at radius 2 is 1.83 bits per heavy atom. The summed E-state index contributed by atoms with van der Waals surface area (Å²) in [5.74, 6) is -0.00545. The van der Waals surface area contributed by atoms with E-state index in [1.807, 2.05) is 37.3 Å². The number of benzene rings is 2. The van der Waals surface area contributed by atoms with Crippen molar-refractivity contribution >= 4 is 22.4 Å². The van der Waals surface area contributed by atoms with Crippen molar-refractivity contribution < 1.29 is 9.90 Å². The van der Waals surface area contributed by atoms with Crippen molar-refractivity contribution in [3.05, 3.63) is 76.2 Å². The second-order valence-corrected chi connectivity index (χ2v) is 8.26. The molecule has 1 aromatic heterocycles. The first-order valence-corrected chi connectivity index (χ1v) is 10.7. The molecule has 156 valence electrons. The molecule has 1 heterocycles. The van der Waals surface area contributed by atoms with Crippen LogP contribution in [0.3, 0.4) is 0 Å². The zero-order chi connectivity index (χ0) is 21.1. The fourth-order valence-corrected chi connectivity index (χ4v) is 4.45. The monoisotopic (exact) mass is 404 g/mol. The largest absolute Gasteiger partial charge is 0.373 e. The van der Waals surface area contributed by atoms with E-state index in [9.17, 15) is 14.7 Å². The van der Waals surface area contributed by atoms with Gasteiger partial charge in [0.25, 0.3) is 5.56 Å². The summed E-state index contributed by atoms with van der Waals surface area (Å²) in [6.07, 6.45) is 6.41. The lowest BCUT2D eigenvalue weighted by atomic mass is 9.88. The molecular formula is C25H28N2O3. The number of nitrogens with zero attached hydrogens (tertiary/aromatic N) is 1. The number of amides is 1. The molecule has 1 saturated carbocycles. The lowest BCUT2D eigenvalue weighted by Gasteiger charge is -2.28. The maximum absolute atomic E-state index is 13.1. The van der Waals surface area contributed by atoms with Crippen molar-refractivity contribution in [1.82, 2.24) is 4.57 Å². The summed E-state index contributed by atoms with van der Waals surface area (Å²) in [6.45, 7) is 1.99. The van der Waals surface area contributed by atoms with Crippen LogP contribution in [0.5, 0.6) is 0 Å². The quantitative estimate of drug-likeness (QED) is 0.655. The molecule has 30 heavy (non-hydrogen) atoms. The number of hydrogen-bond acceptors (Lipinski definition) is 3. The number of pyridine rings is 1. The number of anilines is 1. The van der Waals surface area contributed by atoms with E-state index in [4.69, 9.17) is 0 Å². The molecule has 2 N–H and O–H groups in total. The van der Waals surface area contributed by atoms with Gasteiger partial charge < -0.3 is 10.4 Å². The Balaban J connectivity index is 1.59. The van der Waals surface area contributed by atoms with Gasteiger partial charge in [-0.2, -0.15) is 0 Å². The lowest BCUT2D eigenvalue weighted by molar-refractivity contribution is -0.115. The summed E-state index contributed by atoms with van der Waals surface area (Å²) in [5.41, 5.74) is 2.45. The van der Waals surface area contributed by atoms with E-state index in [-0.39, 0.29) is 23.8 Å². The van der Waals surface area contributed by atoms with E-state index in [2.05, 4.69) is 5.32 Å². The molecule has 0 saturated heterocycles. The summed E-state index contributed by atoms with van der Waals surface area (Å²) in [6, 6.07) is 14.9. The third-order valence-electron chi connectivity index (χ3n) is 6.22. The van der Waals surface area contributed by atoms with Gasteiger partial charge in [-0.3, -0.25) is 14.2 Å². The highest BCUT2D eigenvalue weighted by Crippen LogP contribution is 2.31. The molecule has 0 bridgehead atoms. The molecule has 1 fully saturated rings. The molecule has 0 spiro atoms. The highest BCUT2D eigenvalue weighted by molar-refractivity contribution is 6.02. The summed E-state index contributed by atoms with van der Waals surface area (Å²) in [7, 11) is 0. The number of nitrogens with one attached hydrogen (secondary N) is 1. The van der Waals surface area contributed by atoms with Crippen LogP contribution in [0.25, 0.3) is 10.8 Å². The minimum absolute atomic E-state index is 0.117. The Morgan fingerprint density at radius 3 is 2.60 bits per heavy atom. The van der Waals surface area contributed by atoms with Gasteiger partial charge in [0.2, 0.25) is 5.91 Å². The number of hydrogen-bond donors (Lipinski definition) is 2. The first-order chi connectivity index (χ1) is 14.5. The van der Waals surface area contributed by atoms with Gasteiger partial charge in [0.15, 0.2) is 0 Å². The van der Waals surface area contributed by atoms with Crippen molar-refractivity contribution in [2.24, 2.45) is 5.92 Å². The SMILES string of the molecule is Cc1ccccc1CC(=O)Nc1cccc2c(=O)n(C(O)C3CCCCC3)ccc12. The minimum Gasteiger partial charge on any atom is -0.373 e. The van der Waals surface area contributed by atoms with Crippen molar-refractivity contribution in [1.29, 1.82) is 0 Å². The molecule has 4 rings (SSSR count). The van der Waals surface area contributed by atoms with Crippen LogP contribution in [0.15, 0.2) is 59.5 Å². The van der Waals surface area contributed by atoms with Gasteiger partial charge in [-0.25, -0.2) is 0 Å². The highest BCUT2D eigenvalue weighted by atomic mass is 16.3. The smallest absolute Gasteiger partial charge is 0.260 e. The Labute approximate surface area is 176 Å². The summed E-state index contributed by atoms with van der Waals surface area (Å²) >= 11 is 0. The van der Waals surface area contributed by atoms with Crippen LogP contribution in [-0.4, -0.2) is 15.6 Å². The number of aliphatic hydroxyl groups excluding tert-OH is 1. The molecule has 1 aliphatic carbocycles. The molecule has 0 radical (unpaired) electrons. The van der Waals surface area contributed by atoms with Gasteiger partial charge in [0.1, 0.15) is 6.23 Å². The van der Waals surface area contributed by atoms with E-state index >= 15 is 0 Å². The third-order valence-corrected chi connectivity index (χ3v) is 6.22. The number of aromatic nitrogens is 1. The highest BCUT2D eigenvalue weighted by Gasteiger charge is 2.24. The van der Waals surface area contributed by atoms with E-state index < -0.39 is 6.23 Å². The number of aryl methyl sites for hydroxylation is 1. The Bertz CT molecular complexity index is 1110. The number of aliphatic hydroxyl groups is 1. The topological polar surface area (TPSA) is 71.3 Å². The lowest BCUT2D eigenvalue weighted by Crippen LogP contribution is -2.30. The fraction of sp³-hybridized carbons (Fsp3) is 0.360. The van der Waals surface area contributed by atoms with Crippen molar-refractivity contribution in [3.8, 4) is 0 Å². The maximum atomic E-state index is 13.1. The van der Waals surface area contributed by atoms with Gasteiger partial charge in [-0.1, -0.05) is 49.6 Å². The number of carbonyl (C=O) groups excluding carboxylic acids is 1. The Morgan fingerprint density at radius 1 is 1.07 bits per heavy atom. The average Bonchev–Trinajstić information content (AvgIpc) is 2.76. The second kappa shape index (κ2) is 8.84. The summed E-state index contributed by atoms with van der Waals surface area (Å²) in [5, 5.41) is 14.9. The van der Waals surface area contributed by atoms with Crippen LogP contribution in [0.1, 0.15) is 49.5 Å². The van der Waals surface area contributed by atoms with Crippen LogP contribution < -0.4 is 10.9 Å². The van der Waals surface area contributed by atoms with E-state index in [0.29, 0.717) is 16.5 Å². The van der Waals surface area contributed by atoms with Crippen LogP contribution in [0.2, 0.25) is 0 Å². The molecule has 1 unspecified atom stereocenters. The number of fused-ring (bicyclic) bond motifs is 1.